The highest BCUT2D eigenvalue weighted by Crippen LogP contribution is 2.30. The van der Waals surface area contributed by atoms with Gasteiger partial charge in [0.15, 0.2) is 11.6 Å². The van der Waals surface area contributed by atoms with Crippen LogP contribution in [0.3, 0.4) is 0 Å². The van der Waals surface area contributed by atoms with Crippen molar-refractivity contribution in [3.05, 3.63) is 114 Å². The van der Waals surface area contributed by atoms with Gasteiger partial charge < -0.3 is 5.32 Å². The van der Waals surface area contributed by atoms with Crippen LogP contribution in [0.25, 0.3) is 33.3 Å². The summed E-state index contributed by atoms with van der Waals surface area (Å²) in [5, 5.41) is 12.4. The number of carbonyl (C=O) groups is 1. The molecule has 0 aliphatic carbocycles. The summed E-state index contributed by atoms with van der Waals surface area (Å²) in [4.78, 5) is 12.4. The summed E-state index contributed by atoms with van der Waals surface area (Å²) in [6, 6.07) is 27.1. The average Bonchev–Trinajstić information content (AvgIpc) is 3.34. The van der Waals surface area contributed by atoms with Crippen LogP contribution in [0.2, 0.25) is 0 Å². The number of hydrogen-bond donors (Lipinski definition) is 2. The molecule has 0 atom stereocenters. The molecule has 0 radical (unpaired) electrons. The molecule has 33 heavy (non-hydrogen) atoms. The van der Waals surface area contributed by atoms with Gasteiger partial charge in [-0.1, -0.05) is 66.7 Å². The van der Waals surface area contributed by atoms with Gasteiger partial charge in [-0.3, -0.25) is 9.89 Å². The van der Waals surface area contributed by atoms with Crippen molar-refractivity contribution in [1.29, 1.82) is 0 Å². The topological polar surface area (TPSA) is 57.8 Å². The molecule has 4 aromatic carbocycles. The molecule has 162 valence electrons. The highest BCUT2D eigenvalue weighted by molar-refractivity contribution is 5.96. The van der Waals surface area contributed by atoms with E-state index in [1.165, 1.54) is 12.1 Å². The summed E-state index contributed by atoms with van der Waals surface area (Å²) in [7, 11) is 0. The molecular formula is C27H19F2N3O. The largest absolute Gasteiger partial charge is 0.348 e. The first kappa shape index (κ1) is 20.6. The molecule has 0 aliphatic heterocycles. The molecule has 4 nitrogen and oxygen atoms in total. The van der Waals surface area contributed by atoms with E-state index in [9.17, 15) is 13.6 Å². The summed E-state index contributed by atoms with van der Waals surface area (Å²) < 4.78 is 27.1. The lowest BCUT2D eigenvalue weighted by atomic mass is 10.0. The van der Waals surface area contributed by atoms with E-state index in [0.29, 0.717) is 5.56 Å². The van der Waals surface area contributed by atoms with E-state index in [1.54, 1.807) is 24.3 Å². The third-order valence-electron chi connectivity index (χ3n) is 5.57. The lowest BCUT2D eigenvalue weighted by Crippen LogP contribution is -2.23. The summed E-state index contributed by atoms with van der Waals surface area (Å²) in [6.45, 7) is -0.0993. The minimum atomic E-state index is -0.950. The van der Waals surface area contributed by atoms with Crippen LogP contribution < -0.4 is 5.32 Å². The first-order valence-electron chi connectivity index (χ1n) is 10.5. The standard InChI is InChI=1S/C27H19F2N3O/c28-23-10-4-7-20(26(23)29)16-30-27(33)19-13-11-18(12-14-19)24-15-25(32-31-24)22-9-3-6-17-5-1-2-8-21(17)22/h1-15H,16H2,(H,30,33)(H,31,32). The van der Waals surface area contributed by atoms with Gasteiger partial charge in [-0.2, -0.15) is 5.10 Å². The van der Waals surface area contributed by atoms with Crippen molar-refractivity contribution in [3.8, 4) is 22.5 Å². The van der Waals surface area contributed by atoms with Gasteiger partial charge in [-0.25, -0.2) is 8.78 Å². The third kappa shape index (κ3) is 4.11. The Morgan fingerprint density at radius 1 is 0.879 bits per heavy atom. The highest BCUT2D eigenvalue weighted by Gasteiger charge is 2.12. The number of carbonyl (C=O) groups excluding carboxylic acids is 1. The number of hydrogen-bond acceptors (Lipinski definition) is 2. The molecule has 6 heteroatoms. The minimum Gasteiger partial charge on any atom is -0.348 e. The van der Waals surface area contributed by atoms with Gasteiger partial charge in [-0.05, 0) is 35.0 Å². The van der Waals surface area contributed by atoms with Gasteiger partial charge in [0.25, 0.3) is 5.91 Å². The molecule has 5 aromatic rings. The van der Waals surface area contributed by atoms with Crippen LogP contribution in [-0.2, 0) is 6.54 Å². The minimum absolute atomic E-state index is 0.0949. The molecule has 1 heterocycles. The van der Waals surface area contributed by atoms with E-state index in [-0.39, 0.29) is 18.0 Å². The van der Waals surface area contributed by atoms with E-state index in [0.717, 1.165) is 39.4 Å². The molecule has 0 aliphatic rings. The number of rotatable bonds is 5. The predicted molar refractivity (Wildman–Crippen MR) is 124 cm³/mol. The highest BCUT2D eigenvalue weighted by atomic mass is 19.2. The lowest BCUT2D eigenvalue weighted by molar-refractivity contribution is 0.0950. The number of nitrogens with zero attached hydrogens (tertiary/aromatic N) is 1. The van der Waals surface area contributed by atoms with Gasteiger partial charge in [0, 0.05) is 28.8 Å². The Labute approximate surface area is 188 Å². The second-order valence-corrected chi connectivity index (χ2v) is 7.67. The zero-order chi connectivity index (χ0) is 22.8. The Kier molecular flexibility index (Phi) is 5.40. The fourth-order valence-electron chi connectivity index (χ4n) is 3.82. The Hall–Kier alpha value is -4.32. The normalized spacial score (nSPS) is 11.0. The van der Waals surface area contributed by atoms with Gasteiger partial charge in [0.2, 0.25) is 0 Å². The molecule has 2 N–H and O–H groups in total. The van der Waals surface area contributed by atoms with Crippen molar-refractivity contribution < 1.29 is 13.6 Å². The van der Waals surface area contributed by atoms with E-state index in [4.69, 9.17) is 0 Å². The molecule has 0 saturated heterocycles. The zero-order valence-electron chi connectivity index (χ0n) is 17.5. The van der Waals surface area contributed by atoms with Gasteiger partial charge in [-0.15, -0.1) is 0 Å². The fourth-order valence-corrected chi connectivity index (χ4v) is 3.82. The average molecular weight is 439 g/mol. The number of aromatic nitrogens is 2. The predicted octanol–water partition coefficient (Wildman–Crippen LogP) is 6.11. The summed E-state index contributed by atoms with van der Waals surface area (Å²) in [5.74, 6) is -2.26. The van der Waals surface area contributed by atoms with Crippen molar-refractivity contribution in [2.75, 3.05) is 0 Å². The zero-order valence-corrected chi connectivity index (χ0v) is 17.5. The summed E-state index contributed by atoms with van der Waals surface area (Å²) >= 11 is 0. The fraction of sp³-hybridized carbons (Fsp3) is 0.0370. The number of nitrogens with one attached hydrogen (secondary N) is 2. The SMILES string of the molecule is O=C(NCc1cccc(F)c1F)c1ccc(-c2cc(-c3cccc4ccccc34)[nH]n2)cc1. The summed E-state index contributed by atoms with van der Waals surface area (Å²) in [6.07, 6.45) is 0. The van der Waals surface area contributed by atoms with Gasteiger partial charge >= 0.3 is 0 Å². The van der Waals surface area contributed by atoms with E-state index in [2.05, 4.69) is 39.8 Å². The molecule has 0 fully saturated rings. The Bertz CT molecular complexity index is 1450. The van der Waals surface area contributed by atoms with Crippen LogP contribution in [0, 0.1) is 11.6 Å². The smallest absolute Gasteiger partial charge is 0.251 e. The van der Waals surface area contributed by atoms with Crippen molar-refractivity contribution in [2.45, 2.75) is 6.54 Å². The van der Waals surface area contributed by atoms with Crippen LogP contribution >= 0.6 is 0 Å². The van der Waals surface area contributed by atoms with E-state index < -0.39 is 11.6 Å². The molecule has 0 saturated carbocycles. The number of benzene rings is 4. The molecule has 1 aromatic heterocycles. The van der Waals surface area contributed by atoms with Crippen molar-refractivity contribution >= 4 is 16.7 Å². The maximum absolute atomic E-state index is 13.8. The molecule has 1 amide bonds. The number of amides is 1. The second kappa shape index (κ2) is 8.67. The van der Waals surface area contributed by atoms with Crippen LogP contribution in [0.15, 0.2) is 91.0 Å². The van der Waals surface area contributed by atoms with Crippen LogP contribution in [-0.4, -0.2) is 16.1 Å². The molecule has 5 rings (SSSR count). The van der Waals surface area contributed by atoms with E-state index >= 15 is 0 Å². The maximum Gasteiger partial charge on any atom is 0.251 e. The number of halogens is 2. The summed E-state index contributed by atoms with van der Waals surface area (Å²) in [5.41, 5.74) is 4.09. The Morgan fingerprint density at radius 2 is 1.64 bits per heavy atom. The monoisotopic (exact) mass is 439 g/mol. The number of aromatic amines is 1. The van der Waals surface area contributed by atoms with Crippen LogP contribution in [0.1, 0.15) is 15.9 Å². The quantitative estimate of drug-likeness (QED) is 0.347. The molecular weight excluding hydrogens is 420 g/mol. The van der Waals surface area contributed by atoms with Gasteiger partial charge in [0.05, 0.1) is 11.4 Å². The Balaban J connectivity index is 1.32. The molecule has 0 spiro atoms. The first-order chi connectivity index (χ1) is 16.1. The van der Waals surface area contributed by atoms with Gasteiger partial charge in [0.1, 0.15) is 0 Å². The van der Waals surface area contributed by atoms with Crippen molar-refractivity contribution in [2.24, 2.45) is 0 Å². The van der Waals surface area contributed by atoms with Crippen molar-refractivity contribution in [1.82, 2.24) is 15.5 Å². The Morgan fingerprint density at radius 3 is 2.48 bits per heavy atom. The molecule has 0 unspecified atom stereocenters. The first-order valence-corrected chi connectivity index (χ1v) is 10.5. The molecule has 0 bridgehead atoms. The second-order valence-electron chi connectivity index (χ2n) is 7.67. The maximum atomic E-state index is 13.8. The lowest BCUT2D eigenvalue weighted by Gasteiger charge is -2.07. The third-order valence-corrected chi connectivity index (χ3v) is 5.57. The van der Waals surface area contributed by atoms with Crippen LogP contribution in [0.5, 0.6) is 0 Å². The van der Waals surface area contributed by atoms with Crippen LogP contribution in [0.4, 0.5) is 8.78 Å². The number of fused-ring (bicyclic) bond motifs is 1. The van der Waals surface area contributed by atoms with Crippen molar-refractivity contribution in [3.63, 3.8) is 0 Å². The number of H-pyrrole nitrogens is 1. The van der Waals surface area contributed by atoms with E-state index in [1.807, 2.05) is 24.3 Å².